The summed E-state index contributed by atoms with van der Waals surface area (Å²) < 4.78 is 134. The first-order valence-corrected chi connectivity index (χ1v) is 40.4. The summed E-state index contributed by atoms with van der Waals surface area (Å²) >= 11 is 0. The van der Waals surface area contributed by atoms with E-state index in [9.17, 15) is 36.0 Å². The highest BCUT2D eigenvalue weighted by molar-refractivity contribution is 7.86. The van der Waals surface area contributed by atoms with Crippen molar-refractivity contribution in [3.8, 4) is 34.5 Å². The highest BCUT2D eigenvalue weighted by Gasteiger charge is 2.36. The molecule has 2 saturated heterocycles. The van der Waals surface area contributed by atoms with E-state index in [1.165, 1.54) is 37.5 Å². The number of esters is 2. The zero-order valence-electron chi connectivity index (χ0n) is 64.9. The van der Waals surface area contributed by atoms with Gasteiger partial charge in [-0.2, -0.15) is 16.8 Å². The molecule has 2 aromatic heterocycles. The molecule has 2 atom stereocenters. The molecule has 2 fully saturated rings. The lowest BCUT2D eigenvalue weighted by Crippen LogP contribution is -2.35. The molecule has 608 valence electrons. The number of methoxy groups -OCH3 is 4. The quantitative estimate of drug-likeness (QED) is 0.0179. The van der Waals surface area contributed by atoms with Gasteiger partial charge in [0.15, 0.2) is 23.0 Å². The number of nitrogens with zero attached hydrogens (tertiary/aromatic N) is 8. The number of allylic oxidation sites excluding steroid dienone is 2. The zero-order chi connectivity index (χ0) is 79.3. The standard InChI is InChI=1S/C52H66N6O12.C24H42N2O12S2/c1-7-35-21-39-29-53-44-27-48(46(63-5)25-42(44)51(60)57(39)31-35)69-33-37-23-41(68-16-14-56(12-10-11-50(59)67-9-3)13-15-65-19-20-66-18-17-62-4)24-38(55-37)34-70-49-28-45-43(26-47(49)64-6)52(61)58-32-36(8-2)22-40(58)30-54-45;1-5-35-24(27)7-6-8-26(9-11-33-15-16-34-14-13-32-2)10-12-36-23-17-21(19-37-39(3,28)29)25-22(18-23)20-38-40(4,30)31/h7-8,23-30,39-40H,9-22,31-34H2,1-6H3;17-18H,5-16,19-20H2,1-4H3/b35-7+,36-8+;/t39-,40-;/m0./s1. The Labute approximate surface area is 645 Å². The lowest BCUT2D eigenvalue weighted by molar-refractivity contribution is -0.144. The Kier molecular flexibility index (Phi) is 38.2. The minimum atomic E-state index is -3.72. The second kappa shape index (κ2) is 47.2. The van der Waals surface area contributed by atoms with E-state index in [0.717, 1.165) is 25.4 Å². The molecule has 4 aliphatic heterocycles. The summed E-state index contributed by atoms with van der Waals surface area (Å²) in [6, 6.07) is 13.2. The first kappa shape index (κ1) is 88.9. The summed E-state index contributed by atoms with van der Waals surface area (Å²) in [6.07, 6.45) is 12.9. The molecule has 4 aliphatic rings. The molecule has 0 unspecified atom stereocenters. The van der Waals surface area contributed by atoms with E-state index >= 15 is 0 Å². The van der Waals surface area contributed by atoms with Crippen LogP contribution < -0.4 is 28.4 Å². The van der Waals surface area contributed by atoms with Gasteiger partial charge in [0.2, 0.25) is 0 Å². The molecule has 110 heavy (non-hydrogen) atoms. The summed E-state index contributed by atoms with van der Waals surface area (Å²) in [6.45, 7) is 17.4. The number of hydrogen-bond donors (Lipinski definition) is 0. The third-order valence-corrected chi connectivity index (χ3v) is 18.5. The molecule has 4 aromatic rings. The minimum Gasteiger partial charge on any atom is -0.493 e. The predicted molar refractivity (Wildman–Crippen MR) is 408 cm³/mol. The van der Waals surface area contributed by atoms with E-state index in [1.54, 1.807) is 64.5 Å². The normalized spacial score (nSPS) is 16.0. The lowest BCUT2D eigenvalue weighted by atomic mass is 10.1. The van der Waals surface area contributed by atoms with Gasteiger partial charge < -0.3 is 76.1 Å². The van der Waals surface area contributed by atoms with Crippen LogP contribution in [0.4, 0.5) is 11.4 Å². The molecule has 0 spiro atoms. The largest absolute Gasteiger partial charge is 0.493 e. The number of carbonyl (C=O) groups is 4. The number of pyridine rings is 2. The van der Waals surface area contributed by atoms with Crippen molar-refractivity contribution in [3.05, 3.63) is 106 Å². The van der Waals surface area contributed by atoms with Gasteiger partial charge in [0, 0.05) is 115 Å². The third-order valence-electron chi connectivity index (χ3n) is 17.4. The number of rotatable bonds is 50. The molecule has 0 radical (unpaired) electrons. The van der Waals surface area contributed by atoms with Crippen LogP contribution in [0.3, 0.4) is 0 Å². The van der Waals surface area contributed by atoms with Crippen LogP contribution in [0, 0.1) is 0 Å². The van der Waals surface area contributed by atoms with E-state index in [2.05, 4.69) is 26.9 Å². The number of ether oxygens (including phenoxy) is 14. The van der Waals surface area contributed by atoms with E-state index in [0.29, 0.717) is 226 Å². The fourth-order valence-corrected chi connectivity index (χ4v) is 12.5. The summed E-state index contributed by atoms with van der Waals surface area (Å²) in [4.78, 5) is 77.8. The van der Waals surface area contributed by atoms with E-state index in [1.807, 2.05) is 36.1 Å². The Bertz CT molecular complexity index is 3780. The maximum absolute atomic E-state index is 13.7. The van der Waals surface area contributed by atoms with Gasteiger partial charge in [0.1, 0.15) is 51.1 Å². The van der Waals surface area contributed by atoms with Gasteiger partial charge >= 0.3 is 11.9 Å². The van der Waals surface area contributed by atoms with Crippen LogP contribution in [0.5, 0.6) is 34.5 Å². The Morgan fingerprint density at radius 1 is 0.473 bits per heavy atom. The Hall–Kier alpha value is -8.26. The van der Waals surface area contributed by atoms with Crippen molar-refractivity contribution in [1.82, 2.24) is 29.6 Å². The molecule has 34 heteroatoms. The highest BCUT2D eigenvalue weighted by atomic mass is 32.2. The van der Waals surface area contributed by atoms with Crippen LogP contribution in [0.2, 0.25) is 0 Å². The zero-order valence-corrected chi connectivity index (χ0v) is 66.5. The van der Waals surface area contributed by atoms with Crippen molar-refractivity contribution in [2.75, 3.05) is 186 Å². The SMILES string of the molecule is C/C=C1\C[C@H]2C=Nc3cc(OCc4cc(OCCN(CCCC(=O)OCC)CCOCCOCCOC)cc(COc5cc6c(cc5OC)C(=O)N5C/C(=C/C)C[C@H]5C=N6)n4)c(OC)cc3C(=O)N2C1.CCOC(=O)CCCN(CCOCCOCCOC)CCOc1cc(COS(C)(=O)=O)nc(COS(C)(=O)=O)c1. The molecule has 0 N–H and O–H groups in total. The molecular weight excluding hydrogens is 1470 g/mol. The summed E-state index contributed by atoms with van der Waals surface area (Å²) in [5, 5.41) is 0. The maximum atomic E-state index is 13.7. The second-order valence-electron chi connectivity index (χ2n) is 25.6. The smallest absolute Gasteiger partial charge is 0.305 e. The average Bonchev–Trinajstić information content (AvgIpc) is 1.62. The summed E-state index contributed by atoms with van der Waals surface area (Å²) in [7, 11) is -1.15. The van der Waals surface area contributed by atoms with E-state index in [-0.39, 0.29) is 86.7 Å². The highest BCUT2D eigenvalue weighted by Crippen LogP contribution is 2.41. The second-order valence-corrected chi connectivity index (χ2v) is 28.9. The van der Waals surface area contributed by atoms with Crippen molar-refractivity contribution < 1.29 is 111 Å². The maximum Gasteiger partial charge on any atom is 0.305 e. The summed E-state index contributed by atoms with van der Waals surface area (Å²) in [5.41, 5.74) is 5.76. The number of carbonyl (C=O) groups excluding carboxylic acids is 4. The Morgan fingerprint density at radius 2 is 0.836 bits per heavy atom. The number of fused-ring (bicyclic) bond motifs is 4. The average molecular weight is 1580 g/mol. The number of aliphatic imine (C=N–C) groups is 2. The molecule has 6 heterocycles. The first-order chi connectivity index (χ1) is 53.1. The topological polar surface area (TPSA) is 348 Å². The molecule has 8 rings (SSSR count). The van der Waals surface area contributed by atoms with Crippen LogP contribution in [-0.4, -0.2) is 280 Å². The Morgan fingerprint density at radius 3 is 1.19 bits per heavy atom. The molecule has 0 saturated carbocycles. The van der Waals surface area contributed by atoms with Gasteiger partial charge in [-0.1, -0.05) is 23.3 Å². The van der Waals surface area contributed by atoms with Crippen LogP contribution in [0.25, 0.3) is 0 Å². The van der Waals surface area contributed by atoms with Crippen LogP contribution >= 0.6 is 0 Å². The lowest BCUT2D eigenvalue weighted by Gasteiger charge is -2.22. The first-order valence-electron chi connectivity index (χ1n) is 36.7. The van der Waals surface area contributed by atoms with Crippen molar-refractivity contribution in [2.24, 2.45) is 9.98 Å². The van der Waals surface area contributed by atoms with Gasteiger partial charge in [0.05, 0.1) is 163 Å². The number of hydrogen-bond acceptors (Lipinski definition) is 30. The monoisotopic (exact) mass is 1580 g/mol. The Balaban J connectivity index is 0.000000358. The fraction of sp³-hybridized carbons (Fsp3) is 0.579. The van der Waals surface area contributed by atoms with Crippen molar-refractivity contribution in [2.45, 2.75) is 105 Å². The van der Waals surface area contributed by atoms with Gasteiger partial charge in [-0.05, 0) is 78.6 Å². The molecule has 32 nitrogen and oxygen atoms in total. The van der Waals surface area contributed by atoms with Gasteiger partial charge in [0.25, 0.3) is 32.1 Å². The van der Waals surface area contributed by atoms with E-state index in [4.69, 9.17) is 89.7 Å². The van der Waals surface area contributed by atoms with Gasteiger partial charge in [-0.15, -0.1) is 0 Å². The van der Waals surface area contributed by atoms with Crippen LogP contribution in [-0.2, 0) is 103 Å². The molecule has 0 aliphatic carbocycles. The fourth-order valence-electron chi connectivity index (χ4n) is 11.8. The molecule has 2 aromatic carbocycles. The van der Waals surface area contributed by atoms with E-state index < -0.39 is 20.2 Å². The number of benzene rings is 2. The molecule has 0 bridgehead atoms. The molecular formula is C76H108N8O24S2. The van der Waals surface area contributed by atoms with Crippen molar-refractivity contribution in [1.29, 1.82) is 0 Å². The van der Waals surface area contributed by atoms with Crippen molar-refractivity contribution in [3.63, 3.8) is 0 Å². The number of aromatic nitrogens is 2. The summed E-state index contributed by atoms with van der Waals surface area (Å²) in [5.74, 6) is 1.69. The number of amides is 2. The molecule has 2 amide bonds. The van der Waals surface area contributed by atoms with Gasteiger partial charge in [-0.25, -0.2) is 0 Å². The predicted octanol–water partition coefficient (Wildman–Crippen LogP) is 7.45. The third kappa shape index (κ3) is 30.8. The van der Waals surface area contributed by atoms with Crippen LogP contribution in [0.1, 0.15) is 110 Å². The van der Waals surface area contributed by atoms with Crippen LogP contribution in [0.15, 0.2) is 81.8 Å². The minimum absolute atomic E-state index is 0.00844. The van der Waals surface area contributed by atoms with Crippen molar-refractivity contribution >= 4 is 67.8 Å². The van der Waals surface area contributed by atoms with Gasteiger partial charge in [-0.3, -0.25) is 57.3 Å².